The number of oxime groups is 1. The Labute approximate surface area is 104 Å². The fourth-order valence-corrected chi connectivity index (χ4v) is 1.33. The van der Waals surface area contributed by atoms with E-state index in [0.29, 0.717) is 12.4 Å². The lowest BCUT2D eigenvalue weighted by Crippen LogP contribution is -1.94. The van der Waals surface area contributed by atoms with Gasteiger partial charge in [-0.25, -0.2) is 4.68 Å². The van der Waals surface area contributed by atoms with Gasteiger partial charge < -0.3 is 4.84 Å². The zero-order valence-electron chi connectivity index (χ0n) is 9.82. The molecule has 0 bridgehead atoms. The molecular weight excluding hydrogens is 230 g/mol. The van der Waals surface area contributed by atoms with Gasteiger partial charge in [0.15, 0.2) is 5.82 Å². The molecule has 0 aliphatic heterocycles. The topological polar surface area (TPSA) is 76.1 Å². The molecule has 2 aromatic rings. The number of aromatic nitrogens is 3. The molecule has 0 fully saturated rings. The zero-order chi connectivity index (χ0) is 12.8. The van der Waals surface area contributed by atoms with Crippen LogP contribution in [0.25, 0.3) is 0 Å². The van der Waals surface area contributed by atoms with E-state index in [-0.39, 0.29) is 5.82 Å². The smallest absolute Gasteiger partial charge is 0.231 e. The van der Waals surface area contributed by atoms with Crippen molar-refractivity contribution in [1.82, 2.24) is 14.8 Å². The minimum Gasteiger partial charge on any atom is -0.391 e. The number of nitriles is 1. The lowest BCUT2D eigenvalue weighted by molar-refractivity contribution is 0.132. The molecule has 18 heavy (non-hydrogen) atoms. The summed E-state index contributed by atoms with van der Waals surface area (Å²) >= 11 is 0. The highest BCUT2D eigenvalue weighted by Crippen LogP contribution is 2.00. The Hall–Kier alpha value is -2.68. The minimum absolute atomic E-state index is 0.236. The highest BCUT2D eigenvalue weighted by molar-refractivity contribution is 5.73. The second-order valence-corrected chi connectivity index (χ2v) is 3.52. The Morgan fingerprint density at radius 1 is 1.44 bits per heavy atom. The summed E-state index contributed by atoms with van der Waals surface area (Å²) in [7, 11) is 1.65. The predicted octanol–water partition coefficient (Wildman–Crippen LogP) is 1.24. The van der Waals surface area contributed by atoms with Gasteiger partial charge in [-0.15, -0.1) is 5.10 Å². The Bertz CT molecular complexity index is 582. The van der Waals surface area contributed by atoms with Crippen LogP contribution in [0.3, 0.4) is 0 Å². The van der Waals surface area contributed by atoms with Crippen LogP contribution in [0.1, 0.15) is 17.2 Å². The van der Waals surface area contributed by atoms with Crippen LogP contribution < -0.4 is 0 Å². The number of rotatable bonds is 4. The van der Waals surface area contributed by atoms with E-state index in [9.17, 15) is 0 Å². The second kappa shape index (κ2) is 5.59. The van der Waals surface area contributed by atoms with Crippen molar-refractivity contribution in [3.63, 3.8) is 0 Å². The van der Waals surface area contributed by atoms with Crippen LogP contribution in [0.4, 0.5) is 0 Å². The van der Waals surface area contributed by atoms with Crippen molar-refractivity contribution >= 4 is 6.21 Å². The maximum atomic E-state index is 8.70. The molecule has 0 spiro atoms. The third kappa shape index (κ3) is 2.92. The first-order valence-corrected chi connectivity index (χ1v) is 5.30. The standard InChI is InChI=1S/C12H11N5O/c1-17-12(7-13)15-11(16-17)8-14-18-9-10-5-3-2-4-6-10/h2-6,8H,9H2,1H3. The Balaban J connectivity index is 1.90. The molecule has 0 saturated heterocycles. The lowest BCUT2D eigenvalue weighted by Gasteiger charge is -1.97. The Kier molecular flexibility index (Phi) is 3.66. The number of hydrogen-bond donors (Lipinski definition) is 0. The first-order valence-electron chi connectivity index (χ1n) is 5.30. The lowest BCUT2D eigenvalue weighted by atomic mass is 10.2. The van der Waals surface area contributed by atoms with Crippen molar-refractivity contribution in [1.29, 1.82) is 5.26 Å². The normalized spacial score (nSPS) is 10.4. The SMILES string of the molecule is Cn1nc(C=NOCc2ccccc2)nc1C#N. The molecule has 1 aromatic heterocycles. The average molecular weight is 241 g/mol. The van der Waals surface area contributed by atoms with Crippen LogP contribution in [0.5, 0.6) is 0 Å². The van der Waals surface area contributed by atoms with Gasteiger partial charge in [0, 0.05) is 7.05 Å². The number of aryl methyl sites for hydroxylation is 1. The molecule has 2 rings (SSSR count). The molecule has 0 aliphatic carbocycles. The van der Waals surface area contributed by atoms with E-state index >= 15 is 0 Å². The van der Waals surface area contributed by atoms with E-state index in [0.717, 1.165) is 5.56 Å². The van der Waals surface area contributed by atoms with Crippen molar-refractivity contribution in [2.45, 2.75) is 6.61 Å². The summed E-state index contributed by atoms with van der Waals surface area (Å²) in [4.78, 5) is 9.04. The van der Waals surface area contributed by atoms with Crippen LogP contribution in [0, 0.1) is 11.3 Å². The third-order valence-corrected chi connectivity index (χ3v) is 2.20. The van der Waals surface area contributed by atoms with Gasteiger partial charge in [-0.3, -0.25) is 0 Å². The van der Waals surface area contributed by atoms with E-state index in [1.54, 1.807) is 7.05 Å². The van der Waals surface area contributed by atoms with E-state index in [2.05, 4.69) is 15.2 Å². The summed E-state index contributed by atoms with van der Waals surface area (Å²) in [5, 5.41) is 16.4. The highest BCUT2D eigenvalue weighted by atomic mass is 16.6. The van der Waals surface area contributed by atoms with Crippen molar-refractivity contribution in [2.75, 3.05) is 0 Å². The van der Waals surface area contributed by atoms with Gasteiger partial charge in [0.2, 0.25) is 5.82 Å². The number of hydrogen-bond acceptors (Lipinski definition) is 5. The van der Waals surface area contributed by atoms with Gasteiger partial charge in [0.1, 0.15) is 18.9 Å². The first-order chi connectivity index (χ1) is 8.79. The summed E-state index contributed by atoms with van der Waals surface area (Å²) < 4.78 is 1.39. The summed E-state index contributed by atoms with van der Waals surface area (Å²) in [5.41, 5.74) is 1.03. The first kappa shape index (κ1) is 11.8. The molecule has 1 aromatic carbocycles. The number of nitrogens with zero attached hydrogens (tertiary/aromatic N) is 5. The van der Waals surface area contributed by atoms with Gasteiger partial charge >= 0.3 is 0 Å². The van der Waals surface area contributed by atoms with E-state index in [1.807, 2.05) is 36.4 Å². The summed E-state index contributed by atoms with van der Waals surface area (Å²) in [5.74, 6) is 0.585. The quantitative estimate of drug-likeness (QED) is 0.596. The monoisotopic (exact) mass is 241 g/mol. The molecule has 0 N–H and O–H groups in total. The molecular formula is C12H11N5O. The predicted molar refractivity (Wildman–Crippen MR) is 64.5 cm³/mol. The Morgan fingerprint density at radius 3 is 2.89 bits per heavy atom. The third-order valence-electron chi connectivity index (χ3n) is 2.20. The van der Waals surface area contributed by atoms with Crippen LogP contribution in [-0.2, 0) is 18.5 Å². The summed E-state index contributed by atoms with van der Waals surface area (Å²) in [6.07, 6.45) is 1.38. The van der Waals surface area contributed by atoms with E-state index in [1.165, 1.54) is 10.9 Å². The Morgan fingerprint density at radius 2 is 2.22 bits per heavy atom. The fourth-order valence-electron chi connectivity index (χ4n) is 1.33. The summed E-state index contributed by atoms with van der Waals surface area (Å²) in [6.45, 7) is 0.384. The maximum Gasteiger partial charge on any atom is 0.231 e. The molecule has 6 heteroatoms. The van der Waals surface area contributed by atoms with Crippen LogP contribution >= 0.6 is 0 Å². The van der Waals surface area contributed by atoms with Crippen LogP contribution in [-0.4, -0.2) is 21.0 Å². The minimum atomic E-state index is 0.236. The summed E-state index contributed by atoms with van der Waals surface area (Å²) in [6, 6.07) is 11.6. The molecule has 0 aliphatic rings. The molecule has 1 heterocycles. The van der Waals surface area contributed by atoms with Crippen LogP contribution in [0.2, 0.25) is 0 Å². The average Bonchev–Trinajstić information content (AvgIpc) is 2.76. The number of benzene rings is 1. The highest BCUT2D eigenvalue weighted by Gasteiger charge is 2.03. The molecule has 0 unspecified atom stereocenters. The van der Waals surface area contributed by atoms with Gasteiger partial charge in [-0.1, -0.05) is 35.5 Å². The van der Waals surface area contributed by atoms with Crippen molar-refractivity contribution < 1.29 is 4.84 Å². The van der Waals surface area contributed by atoms with Crippen molar-refractivity contribution in [3.8, 4) is 6.07 Å². The van der Waals surface area contributed by atoms with Crippen molar-refractivity contribution in [2.24, 2.45) is 12.2 Å². The van der Waals surface area contributed by atoms with E-state index < -0.39 is 0 Å². The van der Waals surface area contributed by atoms with Gasteiger partial charge in [0.25, 0.3) is 0 Å². The van der Waals surface area contributed by atoms with Gasteiger partial charge in [-0.05, 0) is 5.56 Å². The molecule has 0 saturated carbocycles. The second-order valence-electron chi connectivity index (χ2n) is 3.52. The molecule has 0 radical (unpaired) electrons. The largest absolute Gasteiger partial charge is 0.391 e. The molecule has 6 nitrogen and oxygen atoms in total. The molecule has 0 amide bonds. The van der Waals surface area contributed by atoms with Gasteiger partial charge in [-0.2, -0.15) is 10.2 Å². The van der Waals surface area contributed by atoms with E-state index in [4.69, 9.17) is 10.1 Å². The van der Waals surface area contributed by atoms with Gasteiger partial charge in [0.05, 0.1) is 0 Å². The molecule has 0 atom stereocenters. The van der Waals surface area contributed by atoms with Crippen LogP contribution in [0.15, 0.2) is 35.5 Å². The van der Waals surface area contributed by atoms with Crippen molar-refractivity contribution in [3.05, 3.63) is 47.5 Å². The zero-order valence-corrected chi connectivity index (χ0v) is 9.82. The maximum absolute atomic E-state index is 8.70. The molecule has 90 valence electrons. The fraction of sp³-hybridized carbons (Fsp3) is 0.167.